The first-order valence-electron chi connectivity index (χ1n) is 6.40. The van der Waals surface area contributed by atoms with Crippen molar-refractivity contribution in [3.05, 3.63) is 51.0 Å². The molecule has 1 aromatic heterocycles. The molecule has 0 spiro atoms. The number of ether oxygens (including phenoxy) is 1. The van der Waals surface area contributed by atoms with Gasteiger partial charge in [-0.2, -0.15) is 0 Å². The zero-order valence-corrected chi connectivity index (χ0v) is 14.5. The molecule has 1 unspecified atom stereocenters. The number of halogens is 2. The molecule has 2 aromatic rings. The van der Waals surface area contributed by atoms with Gasteiger partial charge in [0.15, 0.2) is 0 Å². The number of anilines is 1. The Balaban J connectivity index is 2.08. The summed E-state index contributed by atoms with van der Waals surface area (Å²) in [6.45, 7) is 4.69. The Bertz CT molecular complexity index is 573. The second-order valence-electron chi connectivity index (χ2n) is 4.35. The van der Waals surface area contributed by atoms with Gasteiger partial charge in [-0.1, -0.05) is 37.9 Å². The molecule has 3 nitrogen and oxygen atoms in total. The van der Waals surface area contributed by atoms with Crippen LogP contribution in [0.1, 0.15) is 25.5 Å². The number of nitrogens with zero attached hydrogens (tertiary/aromatic N) is 1. The quantitative estimate of drug-likeness (QED) is 0.752. The maximum absolute atomic E-state index is 5.33. The smallest absolute Gasteiger partial charge is 0.213 e. The summed E-state index contributed by atoms with van der Waals surface area (Å²) in [5.41, 5.74) is 2.16. The summed E-state index contributed by atoms with van der Waals surface area (Å²) in [5.74, 6) is 0.649. The van der Waals surface area contributed by atoms with Crippen LogP contribution in [0.4, 0.5) is 5.69 Å². The van der Waals surface area contributed by atoms with Crippen molar-refractivity contribution in [2.24, 2.45) is 0 Å². The minimum absolute atomic E-state index is 0.178. The fourth-order valence-electron chi connectivity index (χ4n) is 1.88. The van der Waals surface area contributed by atoms with Crippen LogP contribution in [0, 0.1) is 0 Å². The van der Waals surface area contributed by atoms with Gasteiger partial charge in [0.25, 0.3) is 0 Å². The van der Waals surface area contributed by atoms with Crippen LogP contribution in [0.15, 0.2) is 45.5 Å². The molecule has 5 heteroatoms. The van der Waals surface area contributed by atoms with Crippen molar-refractivity contribution in [1.82, 2.24) is 4.98 Å². The number of nitrogens with one attached hydrogen (secondary N) is 1. The summed E-state index contributed by atoms with van der Waals surface area (Å²) in [6, 6.07) is 10.2. The molecular weight excluding hydrogens is 384 g/mol. The van der Waals surface area contributed by atoms with Gasteiger partial charge in [0.1, 0.15) is 0 Å². The van der Waals surface area contributed by atoms with E-state index in [1.807, 2.05) is 31.2 Å². The number of hydrogen-bond donors (Lipinski definition) is 1. The van der Waals surface area contributed by atoms with Gasteiger partial charge in [-0.25, -0.2) is 4.98 Å². The van der Waals surface area contributed by atoms with Crippen LogP contribution in [-0.2, 0) is 0 Å². The number of benzene rings is 1. The first kappa shape index (κ1) is 15.3. The zero-order chi connectivity index (χ0) is 14.5. The van der Waals surface area contributed by atoms with Gasteiger partial charge in [0.2, 0.25) is 5.88 Å². The van der Waals surface area contributed by atoms with Crippen LogP contribution in [0.5, 0.6) is 5.88 Å². The van der Waals surface area contributed by atoms with E-state index in [9.17, 15) is 0 Å². The van der Waals surface area contributed by atoms with Crippen LogP contribution in [0.3, 0.4) is 0 Å². The summed E-state index contributed by atoms with van der Waals surface area (Å²) < 4.78 is 7.46. The van der Waals surface area contributed by atoms with Gasteiger partial charge < -0.3 is 10.1 Å². The molecule has 0 saturated carbocycles. The van der Waals surface area contributed by atoms with E-state index < -0.39 is 0 Å². The van der Waals surface area contributed by atoms with E-state index in [1.165, 1.54) is 5.56 Å². The van der Waals surface area contributed by atoms with E-state index in [0.717, 1.165) is 14.6 Å². The first-order valence-corrected chi connectivity index (χ1v) is 7.99. The predicted octanol–water partition coefficient (Wildman–Crippen LogP) is 5.18. The Morgan fingerprint density at radius 3 is 2.65 bits per heavy atom. The van der Waals surface area contributed by atoms with Crippen LogP contribution in [0.25, 0.3) is 0 Å². The SMILES string of the molecule is CCOc1ccc(NC(C)c2ccc(Br)cc2Br)cn1. The average Bonchev–Trinajstić information content (AvgIpc) is 2.41. The third-order valence-corrected chi connectivity index (χ3v) is 4.02. The highest BCUT2D eigenvalue weighted by atomic mass is 79.9. The maximum Gasteiger partial charge on any atom is 0.213 e. The lowest BCUT2D eigenvalue weighted by Crippen LogP contribution is -2.07. The highest BCUT2D eigenvalue weighted by Gasteiger charge is 2.09. The molecule has 0 radical (unpaired) electrons. The van der Waals surface area contributed by atoms with Crippen molar-refractivity contribution in [2.45, 2.75) is 19.9 Å². The number of pyridine rings is 1. The maximum atomic E-state index is 5.33. The standard InChI is InChI=1S/C15H16Br2N2O/c1-3-20-15-7-5-12(9-18-15)19-10(2)13-6-4-11(16)8-14(13)17/h4-10,19H,3H2,1-2H3. The topological polar surface area (TPSA) is 34.1 Å². The lowest BCUT2D eigenvalue weighted by atomic mass is 10.1. The van der Waals surface area contributed by atoms with E-state index in [2.05, 4.69) is 55.2 Å². The van der Waals surface area contributed by atoms with E-state index >= 15 is 0 Å². The fourth-order valence-corrected chi connectivity index (χ4v) is 3.27. The third-order valence-electron chi connectivity index (χ3n) is 2.84. The van der Waals surface area contributed by atoms with E-state index in [1.54, 1.807) is 6.20 Å². The van der Waals surface area contributed by atoms with Gasteiger partial charge in [-0.3, -0.25) is 0 Å². The fraction of sp³-hybridized carbons (Fsp3) is 0.267. The molecule has 1 N–H and O–H groups in total. The molecule has 0 bridgehead atoms. The Morgan fingerprint density at radius 1 is 1.25 bits per heavy atom. The first-order chi connectivity index (χ1) is 9.60. The number of aromatic nitrogens is 1. The molecule has 0 aliphatic carbocycles. The van der Waals surface area contributed by atoms with Crippen molar-refractivity contribution in [3.8, 4) is 5.88 Å². The lowest BCUT2D eigenvalue weighted by Gasteiger charge is -2.17. The van der Waals surface area contributed by atoms with E-state index in [4.69, 9.17) is 4.74 Å². The average molecular weight is 400 g/mol. The lowest BCUT2D eigenvalue weighted by molar-refractivity contribution is 0.327. The molecule has 1 aromatic carbocycles. The normalized spacial score (nSPS) is 12.0. The van der Waals surface area contributed by atoms with Gasteiger partial charge in [-0.05, 0) is 37.6 Å². The van der Waals surface area contributed by atoms with Crippen molar-refractivity contribution >= 4 is 37.5 Å². The summed E-state index contributed by atoms with van der Waals surface area (Å²) >= 11 is 7.05. The van der Waals surface area contributed by atoms with Gasteiger partial charge in [-0.15, -0.1) is 0 Å². The van der Waals surface area contributed by atoms with Gasteiger partial charge in [0, 0.05) is 21.1 Å². The van der Waals surface area contributed by atoms with Gasteiger partial charge >= 0.3 is 0 Å². The van der Waals surface area contributed by atoms with Crippen LogP contribution < -0.4 is 10.1 Å². The van der Waals surface area contributed by atoms with Crippen molar-refractivity contribution in [1.29, 1.82) is 0 Å². The van der Waals surface area contributed by atoms with Crippen molar-refractivity contribution in [3.63, 3.8) is 0 Å². The largest absolute Gasteiger partial charge is 0.478 e. The minimum Gasteiger partial charge on any atom is -0.478 e. The summed E-state index contributed by atoms with van der Waals surface area (Å²) in [4.78, 5) is 4.25. The molecule has 0 amide bonds. The molecule has 106 valence electrons. The second-order valence-corrected chi connectivity index (χ2v) is 6.12. The van der Waals surface area contributed by atoms with Crippen LogP contribution in [-0.4, -0.2) is 11.6 Å². The molecule has 2 rings (SSSR count). The van der Waals surface area contributed by atoms with E-state index in [-0.39, 0.29) is 6.04 Å². The molecule has 1 heterocycles. The van der Waals surface area contributed by atoms with Crippen molar-refractivity contribution < 1.29 is 4.74 Å². The molecule has 20 heavy (non-hydrogen) atoms. The minimum atomic E-state index is 0.178. The highest BCUT2D eigenvalue weighted by molar-refractivity contribution is 9.11. The van der Waals surface area contributed by atoms with Crippen molar-refractivity contribution in [2.75, 3.05) is 11.9 Å². The summed E-state index contributed by atoms with van der Waals surface area (Å²) in [5, 5.41) is 3.42. The number of hydrogen-bond acceptors (Lipinski definition) is 3. The molecule has 1 atom stereocenters. The molecule has 0 aliphatic rings. The summed E-state index contributed by atoms with van der Waals surface area (Å²) in [6.07, 6.45) is 1.79. The Hall–Kier alpha value is -1.07. The van der Waals surface area contributed by atoms with Gasteiger partial charge in [0.05, 0.1) is 18.5 Å². The van der Waals surface area contributed by atoms with Crippen LogP contribution in [0.2, 0.25) is 0 Å². The highest BCUT2D eigenvalue weighted by Crippen LogP contribution is 2.29. The third kappa shape index (κ3) is 3.96. The Morgan fingerprint density at radius 2 is 2.05 bits per heavy atom. The molecular formula is C15H16Br2N2O. The monoisotopic (exact) mass is 398 g/mol. The Kier molecular flexibility index (Phi) is 5.43. The molecule has 0 aliphatic heterocycles. The molecule has 0 fully saturated rings. The predicted molar refractivity (Wildman–Crippen MR) is 89.3 cm³/mol. The zero-order valence-electron chi connectivity index (χ0n) is 11.4. The van der Waals surface area contributed by atoms with Crippen LogP contribution >= 0.6 is 31.9 Å². The number of rotatable bonds is 5. The van der Waals surface area contributed by atoms with E-state index in [0.29, 0.717) is 12.5 Å². The second kappa shape index (κ2) is 7.09. The Labute approximate surface area is 136 Å². The molecule has 0 saturated heterocycles. The summed E-state index contributed by atoms with van der Waals surface area (Å²) in [7, 11) is 0.